The zero-order valence-electron chi connectivity index (χ0n) is 11.8. The van der Waals surface area contributed by atoms with Crippen molar-refractivity contribution in [3.8, 4) is 0 Å². The minimum atomic E-state index is -0.438. The van der Waals surface area contributed by atoms with Gasteiger partial charge in [0.15, 0.2) is 0 Å². The van der Waals surface area contributed by atoms with E-state index in [1.807, 2.05) is 32.9 Å². The summed E-state index contributed by atoms with van der Waals surface area (Å²) in [5, 5.41) is 3.39. The fourth-order valence-electron chi connectivity index (χ4n) is 2.18. The summed E-state index contributed by atoms with van der Waals surface area (Å²) in [6.45, 7) is 9.51. The van der Waals surface area contributed by atoms with E-state index in [9.17, 15) is 4.39 Å². The molecule has 0 saturated heterocycles. The standard InChI is InChI=1S/C15H24FNO/c1-5-11-17-14(15(3,4)18-6-2)12-9-7-8-10-13(12)16/h7-10,14,17H,5-6,11H2,1-4H3. The third kappa shape index (κ3) is 3.79. The molecular formula is C15H24FNO. The zero-order valence-corrected chi connectivity index (χ0v) is 11.8. The van der Waals surface area contributed by atoms with Gasteiger partial charge in [-0.05, 0) is 39.8 Å². The second-order valence-electron chi connectivity index (χ2n) is 4.95. The molecular weight excluding hydrogens is 229 g/mol. The van der Waals surface area contributed by atoms with E-state index in [4.69, 9.17) is 4.74 Å². The quantitative estimate of drug-likeness (QED) is 0.800. The molecule has 0 aliphatic rings. The van der Waals surface area contributed by atoms with Crippen molar-refractivity contribution in [1.82, 2.24) is 5.32 Å². The molecule has 0 fully saturated rings. The van der Waals surface area contributed by atoms with Crippen LogP contribution in [0.3, 0.4) is 0 Å². The molecule has 0 aliphatic heterocycles. The molecule has 1 atom stereocenters. The van der Waals surface area contributed by atoms with E-state index < -0.39 is 5.60 Å². The van der Waals surface area contributed by atoms with Gasteiger partial charge in [-0.25, -0.2) is 4.39 Å². The van der Waals surface area contributed by atoms with Gasteiger partial charge in [-0.1, -0.05) is 25.1 Å². The van der Waals surface area contributed by atoms with Crippen LogP contribution in [0.2, 0.25) is 0 Å². The molecule has 18 heavy (non-hydrogen) atoms. The van der Waals surface area contributed by atoms with Crippen LogP contribution in [0, 0.1) is 5.82 Å². The molecule has 1 unspecified atom stereocenters. The maximum Gasteiger partial charge on any atom is 0.128 e. The van der Waals surface area contributed by atoms with Gasteiger partial charge >= 0.3 is 0 Å². The SMILES string of the molecule is CCCNC(c1ccccc1F)C(C)(C)OCC. The number of ether oxygens (including phenoxy) is 1. The zero-order chi connectivity index (χ0) is 13.6. The van der Waals surface area contributed by atoms with Crippen LogP contribution in [0.4, 0.5) is 4.39 Å². The summed E-state index contributed by atoms with van der Waals surface area (Å²) in [7, 11) is 0. The molecule has 0 aliphatic carbocycles. The Morgan fingerprint density at radius 2 is 1.94 bits per heavy atom. The van der Waals surface area contributed by atoms with Crippen LogP contribution in [0.1, 0.15) is 45.7 Å². The highest BCUT2D eigenvalue weighted by atomic mass is 19.1. The second-order valence-corrected chi connectivity index (χ2v) is 4.95. The van der Waals surface area contributed by atoms with E-state index in [0.717, 1.165) is 13.0 Å². The molecule has 3 heteroatoms. The van der Waals surface area contributed by atoms with Crippen molar-refractivity contribution < 1.29 is 9.13 Å². The molecule has 102 valence electrons. The van der Waals surface area contributed by atoms with Crippen LogP contribution in [0.15, 0.2) is 24.3 Å². The molecule has 1 rings (SSSR count). The molecule has 0 amide bonds. The normalized spacial score (nSPS) is 13.6. The molecule has 0 spiro atoms. The van der Waals surface area contributed by atoms with Gasteiger partial charge in [-0.3, -0.25) is 0 Å². The molecule has 1 N–H and O–H groups in total. The summed E-state index contributed by atoms with van der Waals surface area (Å²) >= 11 is 0. The van der Waals surface area contributed by atoms with E-state index in [1.165, 1.54) is 6.07 Å². The predicted molar refractivity (Wildman–Crippen MR) is 73.1 cm³/mol. The third-order valence-corrected chi connectivity index (χ3v) is 3.03. The van der Waals surface area contributed by atoms with E-state index in [-0.39, 0.29) is 11.9 Å². The Balaban J connectivity index is 3.01. The Morgan fingerprint density at radius 1 is 1.28 bits per heavy atom. The van der Waals surface area contributed by atoms with Crippen LogP contribution < -0.4 is 5.32 Å². The maximum absolute atomic E-state index is 13.9. The molecule has 0 saturated carbocycles. The Bertz CT molecular complexity index is 365. The summed E-state index contributed by atoms with van der Waals surface area (Å²) in [5.41, 5.74) is 0.232. The van der Waals surface area contributed by atoms with Gasteiger partial charge in [-0.15, -0.1) is 0 Å². The number of hydrogen-bond acceptors (Lipinski definition) is 2. The molecule has 0 bridgehead atoms. The Labute approximate surface area is 110 Å². The van der Waals surface area contributed by atoms with Crippen molar-refractivity contribution in [2.75, 3.05) is 13.2 Å². The first-order chi connectivity index (χ1) is 8.53. The molecule has 1 aromatic rings. The van der Waals surface area contributed by atoms with Crippen LogP contribution in [0.5, 0.6) is 0 Å². The summed E-state index contributed by atoms with van der Waals surface area (Å²) in [5.74, 6) is -0.182. The average molecular weight is 253 g/mol. The smallest absolute Gasteiger partial charge is 0.128 e. The van der Waals surface area contributed by atoms with Gasteiger partial charge in [0, 0.05) is 12.2 Å². The Hall–Kier alpha value is -0.930. The Morgan fingerprint density at radius 3 is 2.50 bits per heavy atom. The van der Waals surface area contributed by atoms with Crippen LogP contribution in [-0.4, -0.2) is 18.8 Å². The minimum Gasteiger partial charge on any atom is -0.374 e. The fourth-order valence-corrected chi connectivity index (χ4v) is 2.18. The molecule has 0 radical (unpaired) electrons. The number of benzene rings is 1. The van der Waals surface area contributed by atoms with Crippen LogP contribution in [-0.2, 0) is 4.74 Å². The lowest BCUT2D eigenvalue weighted by Crippen LogP contribution is -2.42. The number of nitrogens with one attached hydrogen (secondary N) is 1. The fraction of sp³-hybridized carbons (Fsp3) is 0.600. The highest BCUT2D eigenvalue weighted by Crippen LogP contribution is 2.30. The Kier molecular flexibility index (Phi) is 5.76. The topological polar surface area (TPSA) is 21.3 Å². The van der Waals surface area contributed by atoms with Crippen molar-refractivity contribution in [2.24, 2.45) is 0 Å². The van der Waals surface area contributed by atoms with Gasteiger partial charge in [-0.2, -0.15) is 0 Å². The minimum absolute atomic E-state index is 0.140. The van der Waals surface area contributed by atoms with Gasteiger partial charge in [0.2, 0.25) is 0 Å². The second kappa shape index (κ2) is 6.86. The first-order valence-electron chi connectivity index (χ1n) is 6.64. The molecule has 0 heterocycles. The van der Waals surface area contributed by atoms with Gasteiger partial charge < -0.3 is 10.1 Å². The lowest BCUT2D eigenvalue weighted by Gasteiger charge is -2.35. The lowest BCUT2D eigenvalue weighted by atomic mass is 9.91. The summed E-state index contributed by atoms with van der Waals surface area (Å²) in [4.78, 5) is 0. The van der Waals surface area contributed by atoms with E-state index in [2.05, 4.69) is 12.2 Å². The maximum atomic E-state index is 13.9. The van der Waals surface area contributed by atoms with Crippen LogP contribution in [0.25, 0.3) is 0 Å². The molecule has 0 aromatic heterocycles. The van der Waals surface area contributed by atoms with Gasteiger partial charge in [0.1, 0.15) is 5.82 Å². The lowest BCUT2D eigenvalue weighted by molar-refractivity contribution is -0.0399. The monoisotopic (exact) mass is 253 g/mol. The first-order valence-corrected chi connectivity index (χ1v) is 6.64. The average Bonchev–Trinajstić information content (AvgIpc) is 2.31. The first kappa shape index (κ1) is 15.1. The molecule has 1 aromatic carbocycles. The van der Waals surface area contributed by atoms with Crippen molar-refractivity contribution in [1.29, 1.82) is 0 Å². The largest absolute Gasteiger partial charge is 0.374 e. The number of halogens is 1. The summed E-state index contributed by atoms with van der Waals surface area (Å²) in [6, 6.07) is 6.75. The number of hydrogen-bond donors (Lipinski definition) is 1. The van der Waals surface area contributed by atoms with Gasteiger partial charge in [0.05, 0.1) is 11.6 Å². The van der Waals surface area contributed by atoms with Crippen molar-refractivity contribution >= 4 is 0 Å². The predicted octanol–water partition coefficient (Wildman–Crippen LogP) is 3.68. The summed E-state index contributed by atoms with van der Waals surface area (Å²) < 4.78 is 19.7. The number of rotatable bonds is 7. The van der Waals surface area contributed by atoms with E-state index in [1.54, 1.807) is 6.07 Å². The van der Waals surface area contributed by atoms with Crippen molar-refractivity contribution in [3.05, 3.63) is 35.6 Å². The van der Waals surface area contributed by atoms with E-state index >= 15 is 0 Å². The van der Waals surface area contributed by atoms with Crippen molar-refractivity contribution in [2.45, 2.75) is 45.8 Å². The van der Waals surface area contributed by atoms with E-state index in [0.29, 0.717) is 12.2 Å². The highest BCUT2D eigenvalue weighted by Gasteiger charge is 2.32. The summed E-state index contributed by atoms with van der Waals surface area (Å²) in [6.07, 6.45) is 1.01. The highest BCUT2D eigenvalue weighted by molar-refractivity contribution is 5.23. The third-order valence-electron chi connectivity index (χ3n) is 3.03. The van der Waals surface area contributed by atoms with Crippen LogP contribution >= 0.6 is 0 Å². The van der Waals surface area contributed by atoms with Gasteiger partial charge in [0.25, 0.3) is 0 Å². The van der Waals surface area contributed by atoms with Crippen molar-refractivity contribution in [3.63, 3.8) is 0 Å². The molecule has 2 nitrogen and oxygen atoms in total.